The molecule has 1 atom stereocenters. The number of hydrogen-bond donors (Lipinski definition) is 2. The quantitative estimate of drug-likeness (QED) is 0.429. The molecule has 2 N–H and O–H groups in total. The van der Waals surface area contributed by atoms with E-state index in [1.54, 1.807) is 32.5 Å². The van der Waals surface area contributed by atoms with Crippen molar-refractivity contribution in [3.05, 3.63) is 52.3 Å². The number of esters is 1. The van der Waals surface area contributed by atoms with Crippen LogP contribution in [0, 0.1) is 25.7 Å². The molecule has 2 amide bonds. The predicted molar refractivity (Wildman–Crippen MR) is 134 cm³/mol. The van der Waals surface area contributed by atoms with Gasteiger partial charge in [-0.1, -0.05) is 19.1 Å². The Morgan fingerprint density at radius 2 is 1.82 bits per heavy atom. The van der Waals surface area contributed by atoms with E-state index in [4.69, 9.17) is 4.74 Å². The molecule has 0 radical (unpaired) electrons. The van der Waals surface area contributed by atoms with Gasteiger partial charge in [-0.3, -0.25) is 9.59 Å². The standard InChI is InChI=1S/C26H35N3O4S/c1-6-33-26(32)22-17(3)23(28-18(22)4)25(31)29-13-11-20(12-14-29)16(2)24(30)27-15-19-7-9-21(34-5)10-8-19/h7-10,16,20,28H,6,11-15H2,1-5H3,(H,27,30)/t16-/m1/s1. The zero-order chi connectivity index (χ0) is 24.8. The van der Waals surface area contributed by atoms with Gasteiger partial charge in [0, 0.05) is 36.1 Å². The maximum absolute atomic E-state index is 13.1. The highest BCUT2D eigenvalue weighted by Crippen LogP contribution is 2.28. The molecule has 0 unspecified atom stereocenters. The number of amides is 2. The Kier molecular flexibility index (Phi) is 8.83. The molecule has 1 aromatic carbocycles. The van der Waals surface area contributed by atoms with Crippen molar-refractivity contribution in [2.24, 2.45) is 11.8 Å². The van der Waals surface area contributed by atoms with Crippen molar-refractivity contribution < 1.29 is 19.1 Å². The maximum atomic E-state index is 13.1. The number of carbonyl (C=O) groups is 3. The third-order valence-corrected chi connectivity index (χ3v) is 7.45. The highest BCUT2D eigenvalue weighted by Gasteiger charge is 2.32. The van der Waals surface area contributed by atoms with Gasteiger partial charge >= 0.3 is 5.97 Å². The summed E-state index contributed by atoms with van der Waals surface area (Å²) in [4.78, 5) is 44.2. The molecular formula is C26H35N3O4S. The lowest BCUT2D eigenvalue weighted by Crippen LogP contribution is -2.42. The molecule has 8 heteroatoms. The van der Waals surface area contributed by atoms with E-state index in [-0.39, 0.29) is 30.3 Å². The number of aromatic amines is 1. The molecule has 1 fully saturated rings. The van der Waals surface area contributed by atoms with Gasteiger partial charge in [-0.05, 0) is 69.0 Å². The molecule has 0 bridgehead atoms. The summed E-state index contributed by atoms with van der Waals surface area (Å²) in [5, 5.41) is 3.06. The molecule has 0 spiro atoms. The van der Waals surface area contributed by atoms with Crippen molar-refractivity contribution in [1.29, 1.82) is 0 Å². The van der Waals surface area contributed by atoms with Crippen molar-refractivity contribution >= 4 is 29.5 Å². The van der Waals surface area contributed by atoms with Crippen LogP contribution in [-0.2, 0) is 16.1 Å². The van der Waals surface area contributed by atoms with Crippen LogP contribution in [0.15, 0.2) is 29.2 Å². The van der Waals surface area contributed by atoms with Crippen LogP contribution in [0.5, 0.6) is 0 Å². The van der Waals surface area contributed by atoms with Crippen LogP contribution in [-0.4, -0.2) is 53.6 Å². The summed E-state index contributed by atoms with van der Waals surface area (Å²) >= 11 is 1.69. The molecule has 3 rings (SSSR count). The van der Waals surface area contributed by atoms with Crippen molar-refractivity contribution in [2.75, 3.05) is 26.0 Å². The Bertz CT molecular complexity index is 1020. The number of ether oxygens (including phenoxy) is 1. The molecule has 1 aliphatic rings. The normalized spacial score (nSPS) is 15.1. The maximum Gasteiger partial charge on any atom is 0.340 e. The third-order valence-electron chi connectivity index (χ3n) is 6.70. The van der Waals surface area contributed by atoms with Crippen LogP contribution < -0.4 is 5.32 Å². The summed E-state index contributed by atoms with van der Waals surface area (Å²) in [6.07, 6.45) is 3.58. The van der Waals surface area contributed by atoms with Crippen LogP contribution >= 0.6 is 11.8 Å². The van der Waals surface area contributed by atoms with Gasteiger partial charge in [0.25, 0.3) is 5.91 Å². The van der Waals surface area contributed by atoms with Crippen LogP contribution in [0.25, 0.3) is 0 Å². The molecule has 34 heavy (non-hydrogen) atoms. The van der Waals surface area contributed by atoms with Crippen LogP contribution in [0.3, 0.4) is 0 Å². The first-order chi connectivity index (χ1) is 16.3. The van der Waals surface area contributed by atoms with Gasteiger partial charge in [0.1, 0.15) is 5.69 Å². The van der Waals surface area contributed by atoms with Gasteiger partial charge in [-0.2, -0.15) is 0 Å². The summed E-state index contributed by atoms with van der Waals surface area (Å²) in [7, 11) is 0. The molecule has 0 aliphatic carbocycles. The first-order valence-electron chi connectivity index (χ1n) is 11.8. The summed E-state index contributed by atoms with van der Waals surface area (Å²) in [6, 6.07) is 8.20. The van der Waals surface area contributed by atoms with E-state index in [1.165, 1.54) is 4.90 Å². The molecule has 1 aromatic heterocycles. The third kappa shape index (κ3) is 5.84. The number of hydrogen-bond acceptors (Lipinski definition) is 5. The number of nitrogens with zero attached hydrogens (tertiary/aromatic N) is 1. The van der Waals surface area contributed by atoms with E-state index in [0.717, 1.165) is 18.4 Å². The summed E-state index contributed by atoms with van der Waals surface area (Å²) < 4.78 is 5.13. The van der Waals surface area contributed by atoms with E-state index in [9.17, 15) is 14.4 Å². The Balaban J connectivity index is 1.54. The second-order valence-electron chi connectivity index (χ2n) is 8.83. The fraction of sp³-hybridized carbons (Fsp3) is 0.500. The lowest BCUT2D eigenvalue weighted by molar-refractivity contribution is -0.126. The number of aryl methyl sites for hydroxylation is 1. The Morgan fingerprint density at radius 1 is 1.18 bits per heavy atom. The number of aromatic nitrogens is 1. The molecule has 1 saturated heterocycles. The minimum Gasteiger partial charge on any atom is -0.462 e. The van der Waals surface area contributed by atoms with E-state index in [2.05, 4.69) is 22.4 Å². The number of benzene rings is 1. The van der Waals surface area contributed by atoms with Crippen LogP contribution in [0.4, 0.5) is 0 Å². The molecule has 2 aromatic rings. The van der Waals surface area contributed by atoms with Crippen LogP contribution in [0.1, 0.15) is 64.4 Å². The Labute approximate surface area is 206 Å². The number of likely N-dealkylation sites (tertiary alicyclic amines) is 1. The smallest absolute Gasteiger partial charge is 0.340 e. The molecule has 2 heterocycles. The average Bonchev–Trinajstić information content (AvgIpc) is 3.15. The van der Waals surface area contributed by atoms with E-state index in [1.807, 2.05) is 30.2 Å². The topological polar surface area (TPSA) is 91.5 Å². The molecular weight excluding hydrogens is 450 g/mol. The first-order valence-corrected chi connectivity index (χ1v) is 13.0. The zero-order valence-corrected chi connectivity index (χ0v) is 21.5. The fourth-order valence-electron chi connectivity index (χ4n) is 4.54. The lowest BCUT2D eigenvalue weighted by Gasteiger charge is -2.34. The summed E-state index contributed by atoms with van der Waals surface area (Å²) in [6.45, 7) is 9.26. The monoisotopic (exact) mass is 485 g/mol. The van der Waals surface area contributed by atoms with Gasteiger partial charge in [0.2, 0.25) is 5.91 Å². The van der Waals surface area contributed by atoms with E-state index < -0.39 is 5.97 Å². The van der Waals surface area contributed by atoms with Crippen LogP contribution in [0.2, 0.25) is 0 Å². The minimum atomic E-state index is -0.411. The fourth-order valence-corrected chi connectivity index (χ4v) is 4.95. The Hall–Kier alpha value is -2.74. The van der Waals surface area contributed by atoms with Gasteiger partial charge in [0.15, 0.2) is 0 Å². The minimum absolute atomic E-state index is 0.0497. The van der Waals surface area contributed by atoms with Crippen molar-refractivity contribution in [1.82, 2.24) is 15.2 Å². The summed E-state index contributed by atoms with van der Waals surface area (Å²) in [5.74, 6) is -0.363. The Morgan fingerprint density at radius 3 is 2.41 bits per heavy atom. The second kappa shape index (κ2) is 11.6. The first kappa shape index (κ1) is 25.9. The molecule has 0 saturated carbocycles. The van der Waals surface area contributed by atoms with Gasteiger partial charge in [-0.25, -0.2) is 4.79 Å². The van der Waals surface area contributed by atoms with Crippen molar-refractivity contribution in [3.8, 4) is 0 Å². The molecule has 184 valence electrons. The predicted octanol–water partition coefficient (Wildman–Crippen LogP) is 4.33. The number of nitrogens with one attached hydrogen (secondary N) is 2. The van der Waals surface area contributed by atoms with Crippen molar-refractivity contribution in [3.63, 3.8) is 0 Å². The van der Waals surface area contributed by atoms with Crippen molar-refractivity contribution in [2.45, 2.75) is 52.0 Å². The lowest BCUT2D eigenvalue weighted by atomic mass is 9.84. The second-order valence-corrected chi connectivity index (χ2v) is 9.71. The number of piperidine rings is 1. The van der Waals surface area contributed by atoms with Gasteiger partial charge < -0.3 is 19.9 Å². The number of carbonyl (C=O) groups excluding carboxylic acids is 3. The average molecular weight is 486 g/mol. The van der Waals surface area contributed by atoms with Gasteiger partial charge in [-0.15, -0.1) is 11.8 Å². The molecule has 7 nitrogen and oxygen atoms in total. The number of H-pyrrole nitrogens is 1. The largest absolute Gasteiger partial charge is 0.462 e. The highest BCUT2D eigenvalue weighted by atomic mass is 32.2. The number of rotatable bonds is 8. The number of thioether (sulfide) groups is 1. The van der Waals surface area contributed by atoms with E-state index in [0.29, 0.717) is 42.1 Å². The molecule has 1 aliphatic heterocycles. The van der Waals surface area contributed by atoms with Gasteiger partial charge in [0.05, 0.1) is 12.2 Å². The zero-order valence-electron chi connectivity index (χ0n) is 20.7. The summed E-state index contributed by atoms with van der Waals surface area (Å²) in [5.41, 5.74) is 3.23. The SMILES string of the molecule is CCOC(=O)c1c(C)[nH]c(C(=O)N2CCC([C@@H](C)C(=O)NCc3ccc(SC)cc3)CC2)c1C. The highest BCUT2D eigenvalue weighted by molar-refractivity contribution is 7.98. The van der Waals surface area contributed by atoms with E-state index >= 15 is 0 Å².